The number of nitrogen functional groups attached to an aromatic ring is 1. The maximum absolute atomic E-state index is 11.3. The fourth-order valence-corrected chi connectivity index (χ4v) is 3.33. The van der Waals surface area contributed by atoms with Gasteiger partial charge in [0.2, 0.25) is 5.91 Å². The predicted octanol–water partition coefficient (Wildman–Crippen LogP) is -0.467. The number of rotatable bonds is 3. The minimum atomic E-state index is -0.468. The highest BCUT2D eigenvalue weighted by Crippen LogP contribution is 2.34. The van der Waals surface area contributed by atoms with Crippen molar-refractivity contribution in [2.45, 2.75) is 13.0 Å². The van der Waals surface area contributed by atoms with Crippen molar-refractivity contribution in [2.24, 2.45) is 5.73 Å². The van der Waals surface area contributed by atoms with Crippen molar-refractivity contribution in [3.8, 4) is 0 Å². The molecule has 2 amide bonds. The van der Waals surface area contributed by atoms with Crippen molar-refractivity contribution in [3.05, 3.63) is 16.0 Å². The molecule has 0 spiro atoms. The van der Waals surface area contributed by atoms with Crippen LogP contribution in [0.5, 0.6) is 0 Å². The van der Waals surface area contributed by atoms with Gasteiger partial charge in [0.1, 0.15) is 0 Å². The van der Waals surface area contributed by atoms with E-state index in [4.69, 9.17) is 11.5 Å². The number of primary amides is 1. The quantitative estimate of drug-likeness (QED) is 0.690. The van der Waals surface area contributed by atoms with Crippen LogP contribution in [0.2, 0.25) is 0 Å². The van der Waals surface area contributed by atoms with Crippen LogP contribution >= 0.6 is 11.3 Å². The van der Waals surface area contributed by atoms with E-state index >= 15 is 0 Å². The molecule has 0 saturated carbocycles. The summed E-state index contributed by atoms with van der Waals surface area (Å²) in [5, 5.41) is 3.08. The number of nitrogens with zero attached hydrogens (tertiary/aromatic N) is 1. The standard InChI is InChI=1S/C11H16N4O2S/c1-14-8(16)5-15-3-2-6-7(4-15)18-11(13)9(6)10(12)17/h2-5,13H2,1H3,(H2,12,17)(H,14,16). The van der Waals surface area contributed by atoms with E-state index in [9.17, 15) is 9.59 Å². The highest BCUT2D eigenvalue weighted by Gasteiger charge is 2.26. The molecule has 2 heterocycles. The molecule has 0 radical (unpaired) electrons. The number of fused-ring (bicyclic) bond motifs is 1. The third-order valence-corrected chi connectivity index (χ3v) is 4.10. The van der Waals surface area contributed by atoms with Crippen molar-refractivity contribution >= 4 is 28.2 Å². The largest absolute Gasteiger partial charge is 0.390 e. The second-order valence-electron chi connectivity index (χ2n) is 4.24. The Bertz CT molecular complexity index is 497. The number of nitrogens with one attached hydrogen (secondary N) is 1. The van der Waals surface area contributed by atoms with E-state index in [2.05, 4.69) is 5.32 Å². The number of hydrogen-bond donors (Lipinski definition) is 3. The lowest BCUT2D eigenvalue weighted by molar-refractivity contribution is -0.121. The fourth-order valence-electron chi connectivity index (χ4n) is 2.16. The molecule has 0 aromatic carbocycles. The molecule has 0 atom stereocenters. The first-order chi connectivity index (χ1) is 8.52. The molecule has 2 rings (SSSR count). The average Bonchev–Trinajstić information content (AvgIpc) is 2.64. The van der Waals surface area contributed by atoms with Crippen LogP contribution in [0, 0.1) is 0 Å². The predicted molar refractivity (Wildman–Crippen MR) is 70.3 cm³/mol. The van der Waals surface area contributed by atoms with Crippen LogP contribution in [0.1, 0.15) is 20.8 Å². The second kappa shape index (κ2) is 4.95. The Kier molecular flexibility index (Phi) is 3.53. The molecule has 6 nitrogen and oxygen atoms in total. The van der Waals surface area contributed by atoms with Gasteiger partial charge in [-0.15, -0.1) is 11.3 Å². The van der Waals surface area contributed by atoms with E-state index in [1.165, 1.54) is 11.3 Å². The highest BCUT2D eigenvalue weighted by molar-refractivity contribution is 7.16. The van der Waals surface area contributed by atoms with Crippen molar-refractivity contribution in [1.82, 2.24) is 10.2 Å². The van der Waals surface area contributed by atoms with Gasteiger partial charge in [-0.25, -0.2) is 0 Å². The van der Waals surface area contributed by atoms with Gasteiger partial charge >= 0.3 is 0 Å². The summed E-state index contributed by atoms with van der Waals surface area (Å²) in [5.74, 6) is -0.483. The summed E-state index contributed by atoms with van der Waals surface area (Å²) in [5.41, 5.74) is 12.6. The number of carbonyl (C=O) groups is 2. The van der Waals surface area contributed by atoms with E-state index < -0.39 is 5.91 Å². The Morgan fingerprint density at radius 2 is 2.22 bits per heavy atom. The van der Waals surface area contributed by atoms with Gasteiger partial charge in [0.15, 0.2) is 0 Å². The lowest BCUT2D eigenvalue weighted by atomic mass is 10.0. The Morgan fingerprint density at radius 3 is 2.83 bits per heavy atom. The van der Waals surface area contributed by atoms with E-state index in [1.807, 2.05) is 4.90 Å². The monoisotopic (exact) mass is 268 g/mol. The zero-order chi connectivity index (χ0) is 13.3. The number of anilines is 1. The van der Waals surface area contributed by atoms with Gasteiger partial charge in [-0.05, 0) is 12.0 Å². The molecule has 7 heteroatoms. The number of nitrogens with two attached hydrogens (primary N) is 2. The first-order valence-corrected chi connectivity index (χ1v) is 6.47. The molecule has 1 aliphatic heterocycles. The number of likely N-dealkylation sites (N-methyl/N-ethyl adjacent to an activating group) is 1. The van der Waals surface area contributed by atoms with Crippen LogP contribution in [-0.2, 0) is 17.8 Å². The third-order valence-electron chi connectivity index (χ3n) is 3.06. The molecular formula is C11H16N4O2S. The molecule has 0 unspecified atom stereocenters. The number of amides is 2. The van der Waals surface area contributed by atoms with E-state index in [1.54, 1.807) is 7.05 Å². The zero-order valence-electron chi connectivity index (χ0n) is 10.2. The maximum Gasteiger partial charge on any atom is 0.251 e. The maximum atomic E-state index is 11.3. The van der Waals surface area contributed by atoms with Gasteiger partial charge in [0, 0.05) is 25.0 Å². The summed E-state index contributed by atoms with van der Waals surface area (Å²) in [6.07, 6.45) is 0.707. The van der Waals surface area contributed by atoms with Gasteiger partial charge in [-0.2, -0.15) is 0 Å². The summed E-state index contributed by atoms with van der Waals surface area (Å²) in [7, 11) is 1.62. The highest BCUT2D eigenvalue weighted by atomic mass is 32.1. The molecule has 0 saturated heterocycles. The summed E-state index contributed by atoms with van der Waals surface area (Å²) in [4.78, 5) is 25.7. The van der Waals surface area contributed by atoms with Gasteiger partial charge in [-0.1, -0.05) is 0 Å². The Hall–Kier alpha value is -1.60. The van der Waals surface area contributed by atoms with Crippen LogP contribution in [0.15, 0.2) is 0 Å². The number of thiophene rings is 1. The van der Waals surface area contributed by atoms with Gasteiger partial charge in [-0.3, -0.25) is 14.5 Å². The summed E-state index contributed by atoms with van der Waals surface area (Å²) < 4.78 is 0. The molecule has 18 heavy (non-hydrogen) atoms. The molecule has 98 valence electrons. The van der Waals surface area contributed by atoms with Crippen molar-refractivity contribution in [1.29, 1.82) is 0 Å². The molecule has 5 N–H and O–H groups in total. The van der Waals surface area contributed by atoms with E-state index in [0.717, 1.165) is 17.0 Å². The second-order valence-corrected chi connectivity index (χ2v) is 5.38. The van der Waals surface area contributed by atoms with Crippen molar-refractivity contribution < 1.29 is 9.59 Å². The lowest BCUT2D eigenvalue weighted by Gasteiger charge is -2.26. The molecule has 0 bridgehead atoms. The average molecular weight is 268 g/mol. The molecular weight excluding hydrogens is 252 g/mol. The zero-order valence-corrected chi connectivity index (χ0v) is 11.0. The Balaban J connectivity index is 2.18. The van der Waals surface area contributed by atoms with Gasteiger partial charge in [0.05, 0.1) is 17.1 Å². The topological polar surface area (TPSA) is 101 Å². The lowest BCUT2D eigenvalue weighted by Crippen LogP contribution is -2.38. The summed E-state index contributed by atoms with van der Waals surface area (Å²) in [6, 6.07) is 0. The Labute approximate surface area is 109 Å². The Morgan fingerprint density at radius 1 is 1.50 bits per heavy atom. The molecule has 1 aromatic rings. The number of carbonyl (C=O) groups excluding carboxylic acids is 2. The molecule has 0 aliphatic carbocycles. The first-order valence-electron chi connectivity index (χ1n) is 5.65. The first kappa shape index (κ1) is 12.8. The molecule has 0 fully saturated rings. The minimum Gasteiger partial charge on any atom is -0.390 e. The summed E-state index contributed by atoms with van der Waals surface area (Å²) >= 11 is 1.39. The smallest absolute Gasteiger partial charge is 0.251 e. The fraction of sp³-hybridized carbons (Fsp3) is 0.455. The van der Waals surface area contributed by atoms with Crippen LogP contribution in [-0.4, -0.2) is 36.9 Å². The SMILES string of the molecule is CNC(=O)CN1CCc2c(sc(N)c2C(N)=O)C1. The molecule has 1 aliphatic rings. The molecule has 1 aromatic heterocycles. The summed E-state index contributed by atoms with van der Waals surface area (Å²) in [6.45, 7) is 1.74. The van der Waals surface area contributed by atoms with Crippen molar-refractivity contribution in [3.63, 3.8) is 0 Å². The normalized spacial score (nSPS) is 15.2. The third kappa shape index (κ3) is 2.32. The van der Waals surface area contributed by atoms with Crippen LogP contribution in [0.25, 0.3) is 0 Å². The van der Waals surface area contributed by atoms with E-state index in [0.29, 0.717) is 30.1 Å². The van der Waals surface area contributed by atoms with Crippen LogP contribution in [0.4, 0.5) is 5.00 Å². The van der Waals surface area contributed by atoms with Gasteiger partial charge in [0.25, 0.3) is 5.91 Å². The van der Waals surface area contributed by atoms with Crippen LogP contribution in [0.3, 0.4) is 0 Å². The van der Waals surface area contributed by atoms with Crippen molar-refractivity contribution in [2.75, 3.05) is 25.9 Å². The van der Waals surface area contributed by atoms with Gasteiger partial charge < -0.3 is 16.8 Å². The minimum absolute atomic E-state index is 0.0156. The van der Waals surface area contributed by atoms with E-state index in [-0.39, 0.29) is 5.91 Å². The number of hydrogen-bond acceptors (Lipinski definition) is 5. The van der Waals surface area contributed by atoms with Crippen LogP contribution < -0.4 is 16.8 Å².